The van der Waals surface area contributed by atoms with E-state index in [1.807, 2.05) is 0 Å². The number of amides is 1. The van der Waals surface area contributed by atoms with Gasteiger partial charge in [0.2, 0.25) is 0 Å². The van der Waals surface area contributed by atoms with Crippen molar-refractivity contribution in [1.82, 2.24) is 9.88 Å². The number of carbonyl (C=O) groups excluding carboxylic acids is 1. The van der Waals surface area contributed by atoms with Gasteiger partial charge in [-0.3, -0.25) is 4.79 Å². The Balaban J connectivity index is 2.19. The summed E-state index contributed by atoms with van der Waals surface area (Å²) in [5, 5.41) is 11.1. The molecule has 1 unspecified atom stereocenters. The molecule has 1 N–H and O–H groups in total. The summed E-state index contributed by atoms with van der Waals surface area (Å²) in [6.07, 6.45) is 1.52. The van der Waals surface area contributed by atoms with Crippen LogP contribution in [0.5, 0.6) is 0 Å². The first-order valence-electron chi connectivity index (χ1n) is 5.50. The Morgan fingerprint density at radius 1 is 1.53 bits per heavy atom. The van der Waals surface area contributed by atoms with Crippen LogP contribution in [0, 0.1) is 0 Å². The summed E-state index contributed by atoms with van der Waals surface area (Å²) in [5.41, 5.74) is 0.215. The van der Waals surface area contributed by atoms with E-state index in [0.717, 1.165) is 4.90 Å². The van der Waals surface area contributed by atoms with Crippen LogP contribution in [0.2, 0.25) is 0 Å². The Labute approximate surface area is 113 Å². The molecule has 0 bridgehead atoms. The fraction of sp³-hybridized carbons (Fsp3) is 0.250. The van der Waals surface area contributed by atoms with Gasteiger partial charge in [-0.1, -0.05) is 0 Å². The molecule has 100 valence electrons. The lowest BCUT2D eigenvalue weighted by Crippen LogP contribution is -2.40. The Morgan fingerprint density at radius 3 is 2.84 bits per heavy atom. The van der Waals surface area contributed by atoms with Gasteiger partial charge in [-0.2, -0.15) is 0 Å². The normalized spacial score (nSPS) is 12.1. The molecule has 0 aliphatic heterocycles. The standard InChI is InChI=1S/C12H12N2O4S/c1-7(12(16)17)14(2)11(15)8-6-19-10(13-8)9-4-3-5-18-9/h3-7H,1-2H3,(H,16,17). The Bertz CT molecular complexity index is 591. The lowest BCUT2D eigenvalue weighted by Gasteiger charge is -2.20. The first-order chi connectivity index (χ1) is 9.00. The number of carboxylic acids is 1. The number of aliphatic carboxylic acids is 1. The maximum atomic E-state index is 12.0. The number of carboxylic acid groups (broad SMARTS) is 1. The van der Waals surface area contributed by atoms with E-state index in [9.17, 15) is 9.59 Å². The van der Waals surface area contributed by atoms with Crippen molar-refractivity contribution in [2.75, 3.05) is 7.05 Å². The third kappa shape index (κ3) is 2.65. The van der Waals surface area contributed by atoms with Crippen LogP contribution >= 0.6 is 11.3 Å². The van der Waals surface area contributed by atoms with E-state index in [-0.39, 0.29) is 5.69 Å². The number of carbonyl (C=O) groups is 2. The SMILES string of the molecule is CC(C(=O)O)N(C)C(=O)c1csc(-c2ccco2)n1. The number of furan rings is 1. The summed E-state index contributed by atoms with van der Waals surface area (Å²) >= 11 is 1.27. The molecular weight excluding hydrogens is 268 g/mol. The smallest absolute Gasteiger partial charge is 0.326 e. The molecule has 2 heterocycles. The third-order valence-electron chi connectivity index (χ3n) is 2.71. The first-order valence-corrected chi connectivity index (χ1v) is 6.38. The lowest BCUT2D eigenvalue weighted by atomic mass is 10.3. The van der Waals surface area contributed by atoms with E-state index in [1.54, 1.807) is 17.5 Å². The molecular formula is C12H12N2O4S. The van der Waals surface area contributed by atoms with Crippen molar-refractivity contribution in [1.29, 1.82) is 0 Å². The average molecular weight is 280 g/mol. The van der Waals surface area contributed by atoms with Crippen molar-refractivity contribution in [2.24, 2.45) is 0 Å². The van der Waals surface area contributed by atoms with Crippen molar-refractivity contribution >= 4 is 23.2 Å². The third-order valence-corrected chi connectivity index (χ3v) is 3.57. The van der Waals surface area contributed by atoms with E-state index in [4.69, 9.17) is 9.52 Å². The predicted molar refractivity (Wildman–Crippen MR) is 69.0 cm³/mol. The minimum absolute atomic E-state index is 0.215. The quantitative estimate of drug-likeness (QED) is 0.925. The molecule has 1 atom stereocenters. The molecule has 0 aromatic carbocycles. The average Bonchev–Trinajstić information content (AvgIpc) is 3.05. The second-order valence-electron chi connectivity index (χ2n) is 3.95. The maximum absolute atomic E-state index is 12.0. The van der Waals surface area contributed by atoms with Crippen LogP contribution in [0.3, 0.4) is 0 Å². The molecule has 0 fully saturated rings. The summed E-state index contributed by atoms with van der Waals surface area (Å²) in [7, 11) is 1.44. The van der Waals surface area contributed by atoms with E-state index < -0.39 is 17.9 Å². The molecule has 0 spiro atoms. The zero-order chi connectivity index (χ0) is 14.0. The van der Waals surface area contributed by atoms with Crippen LogP contribution in [0.4, 0.5) is 0 Å². The van der Waals surface area contributed by atoms with Crippen LogP contribution in [0.15, 0.2) is 28.2 Å². The number of thiazole rings is 1. The lowest BCUT2D eigenvalue weighted by molar-refractivity contribution is -0.141. The molecule has 0 saturated heterocycles. The van der Waals surface area contributed by atoms with Gasteiger partial charge in [-0.15, -0.1) is 11.3 Å². The van der Waals surface area contributed by atoms with Gasteiger partial charge in [0.1, 0.15) is 11.7 Å². The highest BCUT2D eigenvalue weighted by Gasteiger charge is 2.24. The van der Waals surface area contributed by atoms with Crippen molar-refractivity contribution in [3.05, 3.63) is 29.5 Å². The van der Waals surface area contributed by atoms with Crippen LogP contribution in [0.1, 0.15) is 17.4 Å². The summed E-state index contributed by atoms with van der Waals surface area (Å²) in [5.74, 6) is -0.903. The van der Waals surface area contributed by atoms with Gasteiger partial charge in [-0.25, -0.2) is 9.78 Å². The first kappa shape index (κ1) is 13.3. The number of nitrogens with zero attached hydrogens (tertiary/aromatic N) is 2. The monoisotopic (exact) mass is 280 g/mol. The summed E-state index contributed by atoms with van der Waals surface area (Å²) in [4.78, 5) is 28.2. The highest BCUT2D eigenvalue weighted by atomic mass is 32.1. The molecule has 2 aromatic heterocycles. The van der Waals surface area contributed by atoms with Gasteiger partial charge in [0, 0.05) is 12.4 Å². The number of hydrogen-bond acceptors (Lipinski definition) is 5. The van der Waals surface area contributed by atoms with Crippen molar-refractivity contribution in [3.8, 4) is 10.8 Å². The Kier molecular flexibility index (Phi) is 3.66. The molecule has 0 aliphatic carbocycles. The molecule has 19 heavy (non-hydrogen) atoms. The van der Waals surface area contributed by atoms with E-state index in [1.165, 1.54) is 31.6 Å². The minimum atomic E-state index is -1.06. The summed E-state index contributed by atoms with van der Waals surface area (Å²) < 4.78 is 5.19. The highest BCUT2D eigenvalue weighted by Crippen LogP contribution is 2.24. The van der Waals surface area contributed by atoms with Crippen molar-refractivity contribution in [3.63, 3.8) is 0 Å². The molecule has 1 amide bonds. The Hall–Kier alpha value is -2.15. The van der Waals surface area contributed by atoms with Crippen LogP contribution in [0.25, 0.3) is 10.8 Å². The second-order valence-corrected chi connectivity index (χ2v) is 4.80. The molecule has 0 radical (unpaired) electrons. The van der Waals surface area contributed by atoms with Crippen LogP contribution in [-0.4, -0.2) is 40.0 Å². The minimum Gasteiger partial charge on any atom is -0.480 e. The fourth-order valence-electron chi connectivity index (χ4n) is 1.41. The zero-order valence-electron chi connectivity index (χ0n) is 10.4. The molecule has 6 nitrogen and oxygen atoms in total. The van der Waals surface area contributed by atoms with E-state index >= 15 is 0 Å². The molecule has 0 saturated carbocycles. The van der Waals surface area contributed by atoms with Gasteiger partial charge < -0.3 is 14.4 Å². The second kappa shape index (κ2) is 5.23. The number of hydrogen-bond donors (Lipinski definition) is 1. The highest BCUT2D eigenvalue weighted by molar-refractivity contribution is 7.13. The van der Waals surface area contributed by atoms with Crippen molar-refractivity contribution < 1.29 is 19.1 Å². The summed E-state index contributed by atoms with van der Waals surface area (Å²) in [6, 6.07) is 2.58. The maximum Gasteiger partial charge on any atom is 0.326 e. The predicted octanol–water partition coefficient (Wildman–Crippen LogP) is 1.95. The van der Waals surface area contributed by atoms with E-state index in [0.29, 0.717) is 10.8 Å². The molecule has 0 aliphatic rings. The molecule has 7 heteroatoms. The Morgan fingerprint density at radius 2 is 2.26 bits per heavy atom. The molecule has 2 rings (SSSR count). The van der Waals surface area contributed by atoms with Gasteiger partial charge in [0.25, 0.3) is 5.91 Å². The zero-order valence-corrected chi connectivity index (χ0v) is 11.2. The largest absolute Gasteiger partial charge is 0.480 e. The van der Waals surface area contributed by atoms with Gasteiger partial charge in [-0.05, 0) is 19.1 Å². The van der Waals surface area contributed by atoms with Gasteiger partial charge in [0.15, 0.2) is 10.8 Å². The van der Waals surface area contributed by atoms with Crippen molar-refractivity contribution in [2.45, 2.75) is 13.0 Å². The van der Waals surface area contributed by atoms with Crippen LogP contribution in [-0.2, 0) is 4.79 Å². The topological polar surface area (TPSA) is 83.6 Å². The fourth-order valence-corrected chi connectivity index (χ4v) is 2.17. The van der Waals surface area contributed by atoms with Gasteiger partial charge in [0.05, 0.1) is 6.26 Å². The summed E-state index contributed by atoms with van der Waals surface area (Å²) in [6.45, 7) is 1.44. The van der Waals surface area contributed by atoms with E-state index in [2.05, 4.69) is 4.98 Å². The number of rotatable bonds is 4. The van der Waals surface area contributed by atoms with Gasteiger partial charge >= 0.3 is 5.97 Å². The van der Waals surface area contributed by atoms with Crippen LogP contribution < -0.4 is 0 Å². The molecule has 2 aromatic rings. The number of likely N-dealkylation sites (N-methyl/N-ethyl adjacent to an activating group) is 1. The number of aromatic nitrogens is 1.